The van der Waals surface area contributed by atoms with Crippen LogP contribution < -0.4 is 24.8 Å². The summed E-state index contributed by atoms with van der Waals surface area (Å²) in [4.78, 5) is 25.4. The first-order valence-corrected chi connectivity index (χ1v) is 11.9. The summed E-state index contributed by atoms with van der Waals surface area (Å²) >= 11 is 0. The molecule has 0 saturated carbocycles. The molecule has 0 heterocycles. The molecule has 2 N–H and O–H groups in total. The number of amides is 2. The van der Waals surface area contributed by atoms with Gasteiger partial charge in [0.1, 0.15) is 17.2 Å². The average molecular weight is 491 g/mol. The molecule has 36 heavy (non-hydrogen) atoms. The summed E-state index contributed by atoms with van der Waals surface area (Å²) in [6, 6.07) is 18.0. The van der Waals surface area contributed by atoms with Gasteiger partial charge in [0.25, 0.3) is 11.8 Å². The summed E-state index contributed by atoms with van der Waals surface area (Å²) in [6.07, 6.45) is 0. The Hall–Kier alpha value is -4.00. The maximum Gasteiger partial charge on any atom is 0.262 e. The molecule has 0 bridgehead atoms. The molecule has 0 radical (unpaired) electrons. The van der Waals surface area contributed by atoms with Crippen molar-refractivity contribution in [2.75, 3.05) is 31.5 Å². The Morgan fingerprint density at radius 2 is 1.39 bits per heavy atom. The minimum atomic E-state index is -0.352. The number of methoxy groups -OCH3 is 2. The Balaban J connectivity index is 1.64. The third-order valence-corrected chi connectivity index (χ3v) is 5.78. The number of rotatable bonds is 10. The average Bonchev–Trinajstić information content (AvgIpc) is 2.87. The predicted octanol–water partition coefficient (Wildman–Crippen LogP) is 6.22. The molecule has 2 amide bonds. The predicted molar refractivity (Wildman–Crippen MR) is 143 cm³/mol. The van der Waals surface area contributed by atoms with Gasteiger partial charge < -0.3 is 24.8 Å². The van der Waals surface area contributed by atoms with Crippen LogP contribution in [0.4, 0.5) is 11.4 Å². The number of carbonyl (C=O) groups excluding carboxylic acids is 2. The van der Waals surface area contributed by atoms with E-state index in [1.165, 1.54) is 7.11 Å². The van der Waals surface area contributed by atoms with E-state index >= 15 is 0 Å². The fraction of sp³-hybridized carbons (Fsp3) is 0.310. The molecule has 0 aliphatic heterocycles. The molecule has 3 rings (SSSR count). The molecular formula is C29H34N2O5. The molecule has 3 aromatic carbocycles. The van der Waals surface area contributed by atoms with Gasteiger partial charge in [-0.25, -0.2) is 0 Å². The topological polar surface area (TPSA) is 85.9 Å². The first kappa shape index (κ1) is 26.6. The smallest absolute Gasteiger partial charge is 0.262 e. The van der Waals surface area contributed by atoms with Gasteiger partial charge in [-0.1, -0.05) is 45.9 Å². The van der Waals surface area contributed by atoms with E-state index in [1.54, 1.807) is 49.6 Å². The highest BCUT2D eigenvalue weighted by Crippen LogP contribution is 2.33. The quantitative estimate of drug-likeness (QED) is 0.352. The van der Waals surface area contributed by atoms with E-state index in [-0.39, 0.29) is 30.3 Å². The summed E-state index contributed by atoms with van der Waals surface area (Å²) in [5.74, 6) is 1.59. The lowest BCUT2D eigenvalue weighted by Gasteiger charge is -2.20. The minimum absolute atomic E-state index is 0.195. The van der Waals surface area contributed by atoms with Crippen LogP contribution in [0.3, 0.4) is 0 Å². The van der Waals surface area contributed by atoms with Crippen LogP contribution in [0, 0.1) is 0 Å². The van der Waals surface area contributed by atoms with Gasteiger partial charge >= 0.3 is 0 Å². The van der Waals surface area contributed by atoms with Gasteiger partial charge in [-0.3, -0.25) is 9.59 Å². The molecule has 7 nitrogen and oxygen atoms in total. The molecule has 0 aromatic heterocycles. The summed E-state index contributed by atoms with van der Waals surface area (Å²) in [6.45, 7) is 8.25. The zero-order valence-corrected chi connectivity index (χ0v) is 21.7. The van der Waals surface area contributed by atoms with Gasteiger partial charge in [-0.05, 0) is 59.4 Å². The number of nitrogens with one attached hydrogen (secondary N) is 2. The number of hydrogen-bond acceptors (Lipinski definition) is 5. The van der Waals surface area contributed by atoms with Gasteiger partial charge in [0, 0.05) is 17.3 Å². The first-order chi connectivity index (χ1) is 17.2. The molecule has 0 fully saturated rings. The zero-order valence-electron chi connectivity index (χ0n) is 21.7. The van der Waals surface area contributed by atoms with Crippen molar-refractivity contribution in [2.45, 2.75) is 39.5 Å². The highest BCUT2D eigenvalue weighted by atomic mass is 16.5. The summed E-state index contributed by atoms with van der Waals surface area (Å²) < 4.78 is 16.1. The van der Waals surface area contributed by atoms with E-state index in [4.69, 9.17) is 14.2 Å². The molecule has 0 unspecified atom stereocenters. The standard InChI is InChI=1S/C29H34N2O5/c1-18(2)23-8-7-9-24(19(3)4)28(23)31-29(33)20-10-12-21(13-11-20)36-17-27(32)30-25-16-22(34-5)14-15-26(25)35-6/h7-16,18-19H,17H2,1-6H3,(H,30,32)(H,31,33). The maximum atomic E-state index is 13.0. The Bertz CT molecular complexity index is 1180. The van der Waals surface area contributed by atoms with Crippen LogP contribution in [0.15, 0.2) is 60.7 Å². The lowest BCUT2D eigenvalue weighted by atomic mass is 9.92. The van der Waals surface area contributed by atoms with Crippen LogP contribution in [-0.4, -0.2) is 32.6 Å². The lowest BCUT2D eigenvalue weighted by Crippen LogP contribution is -2.20. The molecule has 0 aliphatic rings. The van der Waals surface area contributed by atoms with Crippen molar-refractivity contribution < 1.29 is 23.8 Å². The molecule has 0 atom stereocenters. The second kappa shape index (κ2) is 12.1. The number of anilines is 2. The van der Waals surface area contributed by atoms with E-state index in [9.17, 15) is 9.59 Å². The molecule has 0 aliphatic carbocycles. The Morgan fingerprint density at radius 3 is 1.94 bits per heavy atom. The van der Waals surface area contributed by atoms with Crippen LogP contribution in [0.1, 0.15) is 61.0 Å². The van der Waals surface area contributed by atoms with Gasteiger partial charge in [0.05, 0.1) is 19.9 Å². The fourth-order valence-electron chi connectivity index (χ4n) is 3.83. The van der Waals surface area contributed by atoms with Crippen LogP contribution in [0.2, 0.25) is 0 Å². The fourth-order valence-corrected chi connectivity index (χ4v) is 3.83. The van der Waals surface area contributed by atoms with Crippen molar-refractivity contribution in [1.82, 2.24) is 0 Å². The number of hydrogen-bond donors (Lipinski definition) is 2. The largest absolute Gasteiger partial charge is 0.497 e. The highest BCUT2D eigenvalue weighted by Gasteiger charge is 2.17. The summed E-state index contributed by atoms with van der Waals surface area (Å²) in [5, 5.41) is 5.87. The highest BCUT2D eigenvalue weighted by molar-refractivity contribution is 6.05. The van der Waals surface area contributed by atoms with Gasteiger partial charge in [0.15, 0.2) is 6.61 Å². The van der Waals surface area contributed by atoms with Crippen molar-refractivity contribution in [3.8, 4) is 17.2 Å². The zero-order chi connectivity index (χ0) is 26.2. The third kappa shape index (κ3) is 6.56. The number of para-hydroxylation sites is 1. The van der Waals surface area contributed by atoms with Crippen molar-refractivity contribution in [2.24, 2.45) is 0 Å². The van der Waals surface area contributed by atoms with Crippen LogP contribution in [-0.2, 0) is 4.79 Å². The van der Waals surface area contributed by atoms with E-state index in [0.29, 0.717) is 28.5 Å². The molecule has 0 saturated heterocycles. The number of benzene rings is 3. The van der Waals surface area contributed by atoms with Crippen molar-refractivity contribution in [1.29, 1.82) is 0 Å². The van der Waals surface area contributed by atoms with Crippen molar-refractivity contribution in [3.05, 3.63) is 77.4 Å². The Labute approximate surface area is 212 Å². The van der Waals surface area contributed by atoms with Crippen molar-refractivity contribution in [3.63, 3.8) is 0 Å². The van der Waals surface area contributed by atoms with Crippen molar-refractivity contribution >= 4 is 23.2 Å². The van der Waals surface area contributed by atoms with Gasteiger partial charge in [-0.2, -0.15) is 0 Å². The van der Waals surface area contributed by atoms with E-state index < -0.39 is 0 Å². The summed E-state index contributed by atoms with van der Waals surface area (Å²) in [5.41, 5.74) is 4.07. The van der Waals surface area contributed by atoms with Gasteiger partial charge in [-0.15, -0.1) is 0 Å². The van der Waals surface area contributed by atoms with Gasteiger partial charge in [0.2, 0.25) is 0 Å². The molecule has 3 aromatic rings. The van der Waals surface area contributed by atoms with E-state index in [2.05, 4.69) is 50.5 Å². The number of carbonyl (C=O) groups is 2. The van der Waals surface area contributed by atoms with E-state index in [0.717, 1.165) is 16.8 Å². The second-order valence-corrected chi connectivity index (χ2v) is 9.00. The summed E-state index contributed by atoms with van der Waals surface area (Å²) in [7, 11) is 3.07. The second-order valence-electron chi connectivity index (χ2n) is 9.00. The maximum absolute atomic E-state index is 13.0. The molecule has 190 valence electrons. The normalized spacial score (nSPS) is 10.8. The SMILES string of the molecule is COc1ccc(OC)c(NC(=O)COc2ccc(C(=O)Nc3c(C(C)C)cccc3C(C)C)cc2)c1. The Morgan fingerprint density at radius 1 is 0.778 bits per heavy atom. The van der Waals surface area contributed by atoms with Crippen LogP contribution >= 0.6 is 0 Å². The molecular weight excluding hydrogens is 456 g/mol. The van der Waals surface area contributed by atoms with Crippen LogP contribution in [0.25, 0.3) is 0 Å². The monoisotopic (exact) mass is 490 g/mol. The lowest BCUT2D eigenvalue weighted by molar-refractivity contribution is -0.118. The molecule has 7 heteroatoms. The number of ether oxygens (including phenoxy) is 3. The first-order valence-electron chi connectivity index (χ1n) is 11.9. The Kier molecular flexibility index (Phi) is 8.95. The molecule has 0 spiro atoms. The van der Waals surface area contributed by atoms with E-state index in [1.807, 2.05) is 6.07 Å². The third-order valence-electron chi connectivity index (χ3n) is 5.78. The van der Waals surface area contributed by atoms with Crippen LogP contribution in [0.5, 0.6) is 17.2 Å². The minimum Gasteiger partial charge on any atom is -0.497 e.